The molecule has 1 atom stereocenters. The standard InChI is InChI=1S/C27H36N4O7S.CH2O2/c1-30(2)39(34,35)31-12-9-26(33)29-22-10-14-38-23-7-6-19(17-21(22)23)20-15-18(5-8-25(32)28-11-13-31)16-24(36-3)27(20)37-4;2-1-3/h6-7,15-17,22H,5,8-14H2,1-4H3,(H,28,32)(H,29,33);1H,(H,2,3). The summed E-state index contributed by atoms with van der Waals surface area (Å²) >= 11 is 0. The molecule has 2 aliphatic heterocycles. The average Bonchev–Trinajstić information content (AvgIpc) is 2.96. The van der Waals surface area contributed by atoms with Gasteiger partial charge in [-0.05, 0) is 41.8 Å². The molecule has 1 unspecified atom stereocenters. The minimum Gasteiger partial charge on any atom is -0.493 e. The first kappa shape index (κ1) is 32.6. The summed E-state index contributed by atoms with van der Waals surface area (Å²) < 4.78 is 45.2. The zero-order valence-corrected chi connectivity index (χ0v) is 25.0. The molecule has 3 N–H and O–H groups in total. The van der Waals surface area contributed by atoms with Crippen molar-refractivity contribution in [3.05, 3.63) is 41.5 Å². The van der Waals surface area contributed by atoms with E-state index in [1.807, 2.05) is 30.3 Å². The van der Waals surface area contributed by atoms with Crippen LogP contribution in [-0.2, 0) is 31.0 Å². The SMILES string of the molecule is COc1cc2cc(c1OC)-c1ccc3c(c1)C(CCO3)NC(=O)CCN(S(=O)(=O)N(C)C)CCNC(=O)CC2.O=CO. The summed E-state index contributed by atoms with van der Waals surface area (Å²) in [6, 6.07) is 9.30. The molecular weight excluding hydrogens is 568 g/mol. The Morgan fingerprint density at radius 2 is 1.79 bits per heavy atom. The first-order valence-corrected chi connectivity index (χ1v) is 14.8. The van der Waals surface area contributed by atoms with E-state index in [4.69, 9.17) is 24.1 Å². The van der Waals surface area contributed by atoms with Gasteiger partial charge in [-0.1, -0.05) is 6.07 Å². The maximum Gasteiger partial charge on any atom is 0.290 e. The second kappa shape index (κ2) is 14.8. The Morgan fingerprint density at radius 1 is 1.05 bits per heavy atom. The molecule has 0 fully saturated rings. The van der Waals surface area contributed by atoms with E-state index in [2.05, 4.69) is 10.6 Å². The van der Waals surface area contributed by atoms with E-state index in [0.29, 0.717) is 36.7 Å². The summed E-state index contributed by atoms with van der Waals surface area (Å²) in [6.45, 7) is 0.354. The summed E-state index contributed by atoms with van der Waals surface area (Å²) in [7, 11) is 2.23. The zero-order chi connectivity index (χ0) is 30.9. The third-order valence-electron chi connectivity index (χ3n) is 6.93. The molecular formula is C28H38N4O9S. The van der Waals surface area contributed by atoms with Gasteiger partial charge in [0.2, 0.25) is 11.8 Å². The average molecular weight is 607 g/mol. The minimum atomic E-state index is -3.79. The maximum atomic E-state index is 13.0. The Kier molecular flexibility index (Phi) is 11.5. The van der Waals surface area contributed by atoms with E-state index >= 15 is 0 Å². The van der Waals surface area contributed by atoms with E-state index in [1.165, 1.54) is 18.4 Å². The number of nitrogens with zero attached hydrogens (tertiary/aromatic N) is 2. The Balaban J connectivity index is 0.00000155. The summed E-state index contributed by atoms with van der Waals surface area (Å²) in [5.41, 5.74) is 3.37. The highest BCUT2D eigenvalue weighted by atomic mass is 32.2. The monoisotopic (exact) mass is 606 g/mol. The van der Waals surface area contributed by atoms with Gasteiger partial charge in [-0.3, -0.25) is 14.4 Å². The fourth-order valence-electron chi connectivity index (χ4n) is 4.82. The molecule has 2 aromatic rings. The molecule has 0 saturated heterocycles. The van der Waals surface area contributed by atoms with Crippen LogP contribution in [0.2, 0.25) is 0 Å². The van der Waals surface area contributed by atoms with Crippen molar-refractivity contribution in [2.45, 2.75) is 31.7 Å². The van der Waals surface area contributed by atoms with Crippen LogP contribution in [0, 0.1) is 0 Å². The molecule has 14 heteroatoms. The van der Waals surface area contributed by atoms with Crippen LogP contribution < -0.4 is 24.8 Å². The molecule has 4 rings (SSSR count). The second-order valence-corrected chi connectivity index (χ2v) is 11.9. The molecule has 0 saturated carbocycles. The summed E-state index contributed by atoms with van der Waals surface area (Å²) in [5.74, 6) is 1.31. The fraction of sp³-hybridized carbons (Fsp3) is 0.464. The van der Waals surface area contributed by atoms with Gasteiger partial charge in [0.05, 0.1) is 26.9 Å². The number of ether oxygens (including phenoxy) is 3. The van der Waals surface area contributed by atoms with Crippen molar-refractivity contribution in [2.75, 3.05) is 54.6 Å². The van der Waals surface area contributed by atoms with Crippen molar-refractivity contribution in [3.63, 3.8) is 0 Å². The van der Waals surface area contributed by atoms with Crippen LogP contribution in [0.3, 0.4) is 0 Å². The van der Waals surface area contributed by atoms with Gasteiger partial charge in [-0.25, -0.2) is 0 Å². The molecule has 2 amide bonds. The molecule has 42 heavy (non-hydrogen) atoms. The molecule has 0 spiro atoms. The number of hydrogen-bond donors (Lipinski definition) is 3. The number of carbonyl (C=O) groups excluding carboxylic acids is 2. The van der Waals surface area contributed by atoms with E-state index in [-0.39, 0.29) is 56.8 Å². The molecule has 4 bridgehead atoms. The number of fused-ring (bicyclic) bond motifs is 4. The number of amides is 2. The number of rotatable bonds is 4. The molecule has 0 aliphatic carbocycles. The van der Waals surface area contributed by atoms with Crippen molar-refractivity contribution >= 4 is 28.5 Å². The van der Waals surface area contributed by atoms with Crippen LogP contribution in [0.1, 0.15) is 36.4 Å². The van der Waals surface area contributed by atoms with Crippen LogP contribution in [0.5, 0.6) is 17.2 Å². The van der Waals surface area contributed by atoms with Gasteiger partial charge in [-0.2, -0.15) is 17.0 Å². The number of carboxylic acid groups (broad SMARTS) is 1. The molecule has 2 aliphatic rings. The van der Waals surface area contributed by atoms with E-state index in [0.717, 1.165) is 26.6 Å². The van der Waals surface area contributed by atoms with Crippen molar-refractivity contribution in [1.29, 1.82) is 0 Å². The molecule has 230 valence electrons. The number of benzene rings is 2. The van der Waals surface area contributed by atoms with Gasteiger partial charge in [0.15, 0.2) is 11.5 Å². The maximum absolute atomic E-state index is 13.0. The minimum absolute atomic E-state index is 0.0140. The van der Waals surface area contributed by atoms with Gasteiger partial charge in [-0.15, -0.1) is 0 Å². The second-order valence-electron chi connectivity index (χ2n) is 9.78. The highest BCUT2D eigenvalue weighted by Crippen LogP contribution is 2.42. The lowest BCUT2D eigenvalue weighted by Crippen LogP contribution is -2.45. The lowest BCUT2D eigenvalue weighted by Gasteiger charge is -2.29. The largest absolute Gasteiger partial charge is 0.493 e. The molecule has 13 nitrogen and oxygen atoms in total. The highest BCUT2D eigenvalue weighted by Gasteiger charge is 2.28. The van der Waals surface area contributed by atoms with Crippen LogP contribution >= 0.6 is 0 Å². The number of methoxy groups -OCH3 is 2. The van der Waals surface area contributed by atoms with Gasteiger partial charge in [0.1, 0.15) is 5.75 Å². The predicted octanol–water partition coefficient (Wildman–Crippen LogP) is 1.57. The number of carbonyl (C=O) groups is 3. The highest BCUT2D eigenvalue weighted by molar-refractivity contribution is 7.86. The predicted molar refractivity (Wildman–Crippen MR) is 155 cm³/mol. The lowest BCUT2D eigenvalue weighted by molar-refractivity contribution is -0.123. The zero-order valence-electron chi connectivity index (χ0n) is 24.2. The number of nitrogens with one attached hydrogen (secondary N) is 2. The van der Waals surface area contributed by atoms with Crippen molar-refractivity contribution in [3.8, 4) is 28.4 Å². The normalized spacial score (nSPS) is 18.2. The van der Waals surface area contributed by atoms with E-state index in [9.17, 15) is 18.0 Å². The molecule has 0 radical (unpaired) electrons. The van der Waals surface area contributed by atoms with Gasteiger partial charge < -0.3 is 30.0 Å². The summed E-state index contributed by atoms with van der Waals surface area (Å²) in [5, 5.41) is 12.7. The van der Waals surface area contributed by atoms with Crippen LogP contribution in [0.4, 0.5) is 0 Å². The quantitative estimate of drug-likeness (QED) is 0.439. The Bertz CT molecular complexity index is 1380. The van der Waals surface area contributed by atoms with E-state index in [1.54, 1.807) is 14.2 Å². The van der Waals surface area contributed by atoms with Gasteiger partial charge in [0, 0.05) is 64.1 Å². The smallest absolute Gasteiger partial charge is 0.290 e. The summed E-state index contributed by atoms with van der Waals surface area (Å²) in [4.78, 5) is 34.0. The van der Waals surface area contributed by atoms with Crippen LogP contribution in [0.15, 0.2) is 30.3 Å². The number of aryl methyl sites for hydroxylation is 1. The Morgan fingerprint density at radius 3 is 2.45 bits per heavy atom. The number of hydrogen-bond acceptors (Lipinski definition) is 8. The topological polar surface area (TPSA) is 164 Å². The molecule has 0 aromatic heterocycles. The van der Waals surface area contributed by atoms with E-state index < -0.39 is 10.2 Å². The van der Waals surface area contributed by atoms with Gasteiger partial charge in [0.25, 0.3) is 16.7 Å². The Hall–Kier alpha value is -3.88. The fourth-order valence-corrected chi connectivity index (χ4v) is 5.93. The lowest BCUT2D eigenvalue weighted by atomic mass is 9.93. The van der Waals surface area contributed by atoms with Crippen molar-refractivity contribution in [1.82, 2.24) is 19.2 Å². The van der Waals surface area contributed by atoms with Crippen molar-refractivity contribution < 1.29 is 42.1 Å². The van der Waals surface area contributed by atoms with Gasteiger partial charge >= 0.3 is 0 Å². The Labute approximate surface area is 245 Å². The summed E-state index contributed by atoms with van der Waals surface area (Å²) in [6.07, 6.45) is 1.21. The third-order valence-corrected chi connectivity index (χ3v) is 8.87. The first-order valence-electron chi connectivity index (χ1n) is 13.4. The third kappa shape index (κ3) is 7.89. The van der Waals surface area contributed by atoms with Crippen LogP contribution in [0.25, 0.3) is 11.1 Å². The van der Waals surface area contributed by atoms with Crippen LogP contribution in [-0.4, -0.2) is 95.0 Å². The molecule has 2 heterocycles. The molecule has 2 aromatic carbocycles. The first-order chi connectivity index (χ1) is 20.0. The van der Waals surface area contributed by atoms with Crippen molar-refractivity contribution in [2.24, 2.45) is 0 Å².